The van der Waals surface area contributed by atoms with Gasteiger partial charge in [0.15, 0.2) is 12.4 Å². The van der Waals surface area contributed by atoms with Crippen LogP contribution in [0.3, 0.4) is 0 Å². The van der Waals surface area contributed by atoms with Gasteiger partial charge in [0.2, 0.25) is 0 Å². The molecule has 186 valence electrons. The van der Waals surface area contributed by atoms with E-state index in [0.29, 0.717) is 16.9 Å². The van der Waals surface area contributed by atoms with Gasteiger partial charge in [-0.25, -0.2) is 0 Å². The Hall–Kier alpha value is -3.60. The van der Waals surface area contributed by atoms with E-state index in [2.05, 4.69) is 5.32 Å². The Morgan fingerprint density at radius 2 is 1.49 bits per heavy atom. The summed E-state index contributed by atoms with van der Waals surface area (Å²) in [5, 5.41) is 13.8. The van der Waals surface area contributed by atoms with Crippen LogP contribution in [0, 0.1) is 5.21 Å². The van der Waals surface area contributed by atoms with Crippen LogP contribution in [0.15, 0.2) is 73.1 Å². The van der Waals surface area contributed by atoms with E-state index in [9.17, 15) is 36.3 Å². The minimum absolute atomic E-state index is 0.0592. The molecule has 0 aliphatic heterocycles. The molecule has 1 aromatic heterocycles. The molecule has 5 nitrogen and oxygen atoms in total. The van der Waals surface area contributed by atoms with Crippen LogP contribution in [0.5, 0.6) is 0 Å². The zero-order valence-electron chi connectivity index (χ0n) is 18.1. The standard InChI is InChI=1S/C24H20F6N2O3/c25-23(26,27)20-10-16(11-21(12-20)24(28,29)30)14-35-15-19(17-4-2-1-3-5-17)13-31-22(33)18-6-8-32(34)9-7-18/h1-12,19H,13-15H2,(H,31,33). The van der Waals surface area contributed by atoms with Crippen molar-refractivity contribution in [3.63, 3.8) is 0 Å². The number of carbonyl (C=O) groups excluding carboxylic acids is 1. The Bertz CT molecular complexity index is 1100. The molecule has 11 heteroatoms. The number of amides is 1. The first-order chi connectivity index (χ1) is 16.4. The number of pyridine rings is 1. The monoisotopic (exact) mass is 498 g/mol. The first-order valence-electron chi connectivity index (χ1n) is 10.3. The fourth-order valence-corrected chi connectivity index (χ4v) is 3.30. The number of rotatable bonds is 8. The van der Waals surface area contributed by atoms with Gasteiger partial charge in [0.1, 0.15) is 0 Å². The SMILES string of the molecule is O=C(NCC(COCc1cc(C(F)(F)F)cc(C(F)(F)F)c1)c1ccccc1)c1cc[n+]([O-])cc1. The summed E-state index contributed by atoms with van der Waals surface area (Å²) >= 11 is 0. The highest BCUT2D eigenvalue weighted by molar-refractivity contribution is 5.93. The molecule has 0 aliphatic carbocycles. The summed E-state index contributed by atoms with van der Waals surface area (Å²) < 4.78 is 84.5. The van der Waals surface area contributed by atoms with Gasteiger partial charge in [-0.3, -0.25) is 4.79 Å². The smallest absolute Gasteiger partial charge is 0.416 e. The number of carbonyl (C=O) groups is 1. The highest BCUT2D eigenvalue weighted by Crippen LogP contribution is 2.36. The first-order valence-corrected chi connectivity index (χ1v) is 10.3. The van der Waals surface area contributed by atoms with Crippen molar-refractivity contribution < 1.29 is 40.6 Å². The van der Waals surface area contributed by atoms with E-state index in [1.165, 1.54) is 12.1 Å². The fraction of sp³-hybridized carbons (Fsp3) is 0.250. The minimum atomic E-state index is -4.95. The summed E-state index contributed by atoms with van der Waals surface area (Å²) in [5.74, 6) is -0.902. The van der Waals surface area contributed by atoms with Gasteiger partial charge in [0.05, 0.1) is 29.9 Å². The molecule has 1 amide bonds. The van der Waals surface area contributed by atoms with E-state index < -0.39 is 41.9 Å². The number of nitrogens with zero attached hydrogens (tertiary/aromatic N) is 1. The number of nitrogens with one attached hydrogen (secondary N) is 1. The van der Waals surface area contributed by atoms with Gasteiger partial charge in [0, 0.05) is 24.6 Å². The molecule has 1 unspecified atom stereocenters. The Balaban J connectivity index is 1.71. The topological polar surface area (TPSA) is 65.3 Å². The summed E-state index contributed by atoms with van der Waals surface area (Å²) in [6.45, 7) is -0.505. The lowest BCUT2D eigenvalue weighted by Gasteiger charge is -2.19. The van der Waals surface area contributed by atoms with Crippen molar-refractivity contribution in [2.24, 2.45) is 0 Å². The number of aromatic nitrogens is 1. The second kappa shape index (κ2) is 10.8. The second-order valence-corrected chi connectivity index (χ2v) is 7.69. The highest BCUT2D eigenvalue weighted by atomic mass is 19.4. The maximum Gasteiger partial charge on any atom is 0.416 e. The molecule has 1 N–H and O–H groups in total. The van der Waals surface area contributed by atoms with Crippen LogP contribution in [0.1, 0.15) is 38.5 Å². The summed E-state index contributed by atoms with van der Waals surface area (Å²) in [5.41, 5.74) is -2.12. The number of hydrogen-bond donors (Lipinski definition) is 1. The predicted octanol–water partition coefficient (Wildman–Crippen LogP) is 5.09. The minimum Gasteiger partial charge on any atom is -0.619 e. The van der Waals surface area contributed by atoms with Crippen LogP contribution < -0.4 is 10.0 Å². The molecule has 35 heavy (non-hydrogen) atoms. The van der Waals surface area contributed by atoms with Crippen molar-refractivity contribution in [2.75, 3.05) is 13.2 Å². The highest BCUT2D eigenvalue weighted by Gasteiger charge is 2.36. The van der Waals surface area contributed by atoms with Crippen molar-refractivity contribution in [3.8, 4) is 0 Å². The van der Waals surface area contributed by atoms with Crippen molar-refractivity contribution in [1.82, 2.24) is 5.32 Å². The largest absolute Gasteiger partial charge is 0.619 e. The molecule has 1 heterocycles. The molecule has 0 saturated heterocycles. The van der Waals surface area contributed by atoms with Crippen LogP contribution in [0.25, 0.3) is 0 Å². The predicted molar refractivity (Wildman–Crippen MR) is 113 cm³/mol. The number of hydrogen-bond acceptors (Lipinski definition) is 3. The second-order valence-electron chi connectivity index (χ2n) is 7.69. The molecule has 1 atom stereocenters. The Labute approximate surface area is 196 Å². The lowest BCUT2D eigenvalue weighted by Crippen LogP contribution is -2.31. The fourth-order valence-electron chi connectivity index (χ4n) is 3.30. The van der Waals surface area contributed by atoms with Crippen molar-refractivity contribution in [3.05, 3.63) is 106 Å². The normalized spacial score (nSPS) is 12.9. The van der Waals surface area contributed by atoms with Gasteiger partial charge in [-0.2, -0.15) is 31.1 Å². The third-order valence-electron chi connectivity index (χ3n) is 5.08. The molecule has 0 spiro atoms. The Morgan fingerprint density at radius 3 is 2.03 bits per heavy atom. The van der Waals surface area contributed by atoms with Gasteiger partial charge in [-0.15, -0.1) is 0 Å². The molecule has 0 fully saturated rings. The quantitative estimate of drug-likeness (QED) is 0.267. The molecule has 3 aromatic rings. The Kier molecular flexibility index (Phi) is 8.00. The first kappa shape index (κ1) is 26.0. The maximum absolute atomic E-state index is 13.1. The summed E-state index contributed by atoms with van der Waals surface area (Å²) in [6, 6.07) is 12.7. The van der Waals surface area contributed by atoms with Gasteiger partial charge in [-0.1, -0.05) is 30.3 Å². The van der Waals surface area contributed by atoms with E-state index in [1.807, 2.05) is 0 Å². The molecule has 2 aromatic carbocycles. The van der Waals surface area contributed by atoms with E-state index >= 15 is 0 Å². The zero-order chi connectivity index (χ0) is 25.6. The van der Waals surface area contributed by atoms with Gasteiger partial charge < -0.3 is 15.3 Å². The summed E-state index contributed by atoms with van der Waals surface area (Å²) in [4.78, 5) is 12.4. The van der Waals surface area contributed by atoms with E-state index in [1.54, 1.807) is 30.3 Å². The lowest BCUT2D eigenvalue weighted by molar-refractivity contribution is -0.605. The summed E-state index contributed by atoms with van der Waals surface area (Å²) in [6.07, 6.45) is -7.57. The van der Waals surface area contributed by atoms with Crippen LogP contribution in [0.2, 0.25) is 0 Å². The zero-order valence-corrected chi connectivity index (χ0v) is 18.1. The van der Waals surface area contributed by atoms with Crippen LogP contribution in [-0.4, -0.2) is 19.1 Å². The molecule has 3 rings (SSSR count). The molecule has 0 aliphatic rings. The lowest BCUT2D eigenvalue weighted by atomic mass is 9.99. The van der Waals surface area contributed by atoms with Gasteiger partial charge in [0.25, 0.3) is 5.91 Å². The maximum atomic E-state index is 13.1. The molecule has 0 radical (unpaired) electrons. The molecular formula is C24H20F6N2O3. The average Bonchev–Trinajstić information content (AvgIpc) is 2.80. The van der Waals surface area contributed by atoms with Crippen molar-refractivity contribution in [1.29, 1.82) is 0 Å². The average molecular weight is 498 g/mol. The van der Waals surface area contributed by atoms with E-state index in [-0.39, 0.29) is 30.3 Å². The molecular weight excluding hydrogens is 478 g/mol. The Morgan fingerprint density at radius 1 is 0.914 bits per heavy atom. The molecule has 0 saturated carbocycles. The summed E-state index contributed by atoms with van der Waals surface area (Å²) in [7, 11) is 0. The van der Waals surface area contributed by atoms with Gasteiger partial charge >= 0.3 is 12.4 Å². The van der Waals surface area contributed by atoms with Crippen molar-refractivity contribution >= 4 is 5.91 Å². The molecule has 0 bridgehead atoms. The van der Waals surface area contributed by atoms with Gasteiger partial charge in [-0.05, 0) is 29.3 Å². The van der Waals surface area contributed by atoms with Crippen LogP contribution in [-0.2, 0) is 23.7 Å². The van der Waals surface area contributed by atoms with Crippen molar-refractivity contribution in [2.45, 2.75) is 24.9 Å². The number of alkyl halides is 6. The van der Waals surface area contributed by atoms with E-state index in [0.717, 1.165) is 18.0 Å². The number of ether oxygens (including phenoxy) is 1. The van der Waals surface area contributed by atoms with E-state index in [4.69, 9.17) is 4.74 Å². The third-order valence-corrected chi connectivity index (χ3v) is 5.08. The number of halogens is 6. The van der Waals surface area contributed by atoms with Crippen LogP contribution in [0.4, 0.5) is 26.3 Å². The van der Waals surface area contributed by atoms with Crippen LogP contribution >= 0.6 is 0 Å². The number of benzene rings is 2. The third kappa shape index (κ3) is 7.44.